The Hall–Kier alpha value is -12.1. The molecule has 1 fully saturated rings. The van der Waals surface area contributed by atoms with Gasteiger partial charge in [-0.2, -0.15) is 0 Å². The summed E-state index contributed by atoms with van der Waals surface area (Å²) in [7, 11) is 0. The fraction of sp³-hybridized carbons (Fsp3) is 0.115. The van der Waals surface area contributed by atoms with Crippen LogP contribution < -0.4 is 9.80 Å². The molecule has 3 heterocycles. The first-order valence-corrected chi connectivity index (χ1v) is 35.8. The van der Waals surface area contributed by atoms with Crippen molar-refractivity contribution in [1.29, 1.82) is 0 Å². The summed E-state index contributed by atoms with van der Waals surface area (Å²) < 4.78 is 15.6. The van der Waals surface area contributed by atoms with Crippen molar-refractivity contribution < 1.29 is 8.83 Å². The van der Waals surface area contributed by atoms with Gasteiger partial charge in [-0.05, 0) is 221 Å². The normalized spacial score (nSPS) is 13.3. The molecule has 16 aromatic carbocycles. The smallest absolute Gasteiger partial charge is 0.160 e. The molecule has 19 aromatic rings. The number of aryl methyl sites for hydroxylation is 1. The van der Waals surface area contributed by atoms with Crippen LogP contribution in [0, 0.1) is 6.92 Å². The summed E-state index contributed by atoms with van der Waals surface area (Å²) in [6.45, 7) is 9.13. The average molecular weight is 1300 g/mol. The number of fused-ring (bicyclic) bond motifs is 7. The Balaban J connectivity index is 0.914. The lowest BCUT2D eigenvalue weighted by Crippen LogP contribution is -2.11. The van der Waals surface area contributed by atoms with Gasteiger partial charge in [0.25, 0.3) is 0 Å². The molecule has 482 valence electrons. The van der Waals surface area contributed by atoms with Crippen LogP contribution in [-0.2, 0) is 5.41 Å². The van der Waals surface area contributed by atoms with E-state index in [0.29, 0.717) is 5.92 Å². The first kappa shape index (κ1) is 59.0. The number of pyridine rings is 1. The molecule has 0 N–H and O–H groups in total. The lowest BCUT2D eigenvalue weighted by molar-refractivity contribution is 0.437. The highest BCUT2D eigenvalue weighted by Gasteiger charge is 2.31. The number of furan rings is 2. The van der Waals surface area contributed by atoms with Crippen molar-refractivity contribution in [3.05, 3.63) is 308 Å². The van der Waals surface area contributed by atoms with E-state index >= 15 is 0 Å². The van der Waals surface area contributed by atoms with Gasteiger partial charge in [0, 0.05) is 72.3 Å². The third-order valence-electron chi connectivity index (χ3n) is 22.0. The molecule has 0 saturated heterocycles. The van der Waals surface area contributed by atoms with Gasteiger partial charge < -0.3 is 18.6 Å². The number of para-hydroxylation sites is 1. The van der Waals surface area contributed by atoms with E-state index in [2.05, 4.69) is 329 Å². The average Bonchev–Trinajstić information content (AvgIpc) is 1.57. The van der Waals surface area contributed by atoms with Crippen LogP contribution in [0.2, 0.25) is 0 Å². The maximum atomic E-state index is 8.10. The predicted octanol–water partition coefficient (Wildman–Crippen LogP) is 28.0. The molecule has 101 heavy (non-hydrogen) atoms. The minimum Gasteiger partial charge on any atom is -0.456 e. The van der Waals surface area contributed by atoms with Crippen molar-refractivity contribution >= 4 is 153 Å². The summed E-state index contributed by atoms with van der Waals surface area (Å²) in [5.74, 6) is 0.447. The summed E-state index contributed by atoms with van der Waals surface area (Å²) >= 11 is 0. The van der Waals surface area contributed by atoms with E-state index in [4.69, 9.17) is 13.8 Å². The maximum absolute atomic E-state index is 8.10. The van der Waals surface area contributed by atoms with Crippen LogP contribution in [0.5, 0.6) is 0 Å². The zero-order chi connectivity index (χ0) is 67.2. The van der Waals surface area contributed by atoms with Crippen molar-refractivity contribution in [1.82, 2.24) is 4.98 Å². The lowest BCUT2D eigenvalue weighted by atomic mass is 9.84. The van der Waals surface area contributed by atoms with E-state index in [1.165, 1.54) is 98.1 Å². The topological polar surface area (TPSA) is 45.7 Å². The largest absolute Gasteiger partial charge is 0.456 e. The molecule has 0 unspecified atom stereocenters. The number of hydrogen-bond donors (Lipinski definition) is 0. The predicted molar refractivity (Wildman–Crippen MR) is 427 cm³/mol. The summed E-state index contributed by atoms with van der Waals surface area (Å²) in [5.41, 5.74) is 19.4. The molecule has 1 saturated carbocycles. The van der Waals surface area contributed by atoms with Gasteiger partial charge in [0.15, 0.2) is 5.58 Å². The van der Waals surface area contributed by atoms with Gasteiger partial charge in [-0.1, -0.05) is 222 Å². The second kappa shape index (κ2) is 23.0. The summed E-state index contributed by atoms with van der Waals surface area (Å²) in [4.78, 5) is 10.5. The maximum Gasteiger partial charge on any atom is 0.160 e. The van der Waals surface area contributed by atoms with Crippen LogP contribution in [0.25, 0.3) is 153 Å². The third-order valence-corrected chi connectivity index (χ3v) is 22.0. The lowest BCUT2D eigenvalue weighted by Gasteiger charge is -2.29. The molecule has 0 spiro atoms. The molecule has 0 amide bonds. The van der Waals surface area contributed by atoms with Gasteiger partial charge in [-0.25, -0.2) is 0 Å². The highest BCUT2D eigenvalue weighted by molar-refractivity contribution is 6.38. The van der Waals surface area contributed by atoms with Crippen molar-refractivity contribution in [2.75, 3.05) is 9.80 Å². The van der Waals surface area contributed by atoms with Crippen molar-refractivity contribution in [3.63, 3.8) is 0 Å². The summed E-state index contributed by atoms with van der Waals surface area (Å²) in [6, 6.07) is 108. The summed E-state index contributed by atoms with van der Waals surface area (Å²) in [6.07, 6.45) is 6.11. The first-order chi connectivity index (χ1) is 49.6. The molecule has 5 heteroatoms. The fourth-order valence-electron chi connectivity index (χ4n) is 17.2. The first-order valence-electron chi connectivity index (χ1n) is 35.8. The number of rotatable bonds is 10. The molecule has 3 aromatic heterocycles. The Kier molecular flexibility index (Phi) is 13.5. The molecular weight excluding hydrogens is 1230 g/mol. The molecule has 20 rings (SSSR count). The quantitative estimate of drug-likeness (QED) is 0.128. The van der Waals surface area contributed by atoms with Gasteiger partial charge in [0.2, 0.25) is 0 Å². The van der Waals surface area contributed by atoms with E-state index in [1.807, 2.05) is 0 Å². The highest BCUT2D eigenvalue weighted by Crippen LogP contribution is 2.55. The Labute approximate surface area is 586 Å². The molecule has 0 radical (unpaired) electrons. The minimum atomic E-state index is -0.244. The Morgan fingerprint density at radius 1 is 0.347 bits per heavy atom. The molecule has 0 aliphatic heterocycles. The Morgan fingerprint density at radius 2 is 0.960 bits per heavy atom. The van der Waals surface area contributed by atoms with Gasteiger partial charge in [-0.15, -0.1) is 0 Å². The SMILES string of the molecule is Cc1cccc(N(c2cc3oc4c(N(c5ccccc5)c5c6ccccc6cc6cc(-c7cccc8cc9ccccc9cc78)ccc56)ccc5c6cc(-c7cccc(C8CCCCC8)n7)cc7oc8cc(C(C)(C)C)cc(c(c2)c3c45)c8c76)c2ccc(-c3ccccc3)c3ccccc23)c1. The van der Waals surface area contributed by atoms with Crippen LogP contribution in [0.15, 0.2) is 300 Å². The van der Waals surface area contributed by atoms with Crippen LogP contribution >= 0.6 is 0 Å². The van der Waals surface area contributed by atoms with Gasteiger partial charge in [0.05, 0.1) is 28.4 Å². The molecule has 0 bridgehead atoms. The van der Waals surface area contributed by atoms with Gasteiger partial charge >= 0.3 is 0 Å². The van der Waals surface area contributed by atoms with Gasteiger partial charge in [-0.3, -0.25) is 4.98 Å². The van der Waals surface area contributed by atoms with Crippen LogP contribution in [0.3, 0.4) is 0 Å². The molecule has 5 nitrogen and oxygen atoms in total. The zero-order valence-electron chi connectivity index (χ0n) is 57.0. The molecule has 1 aliphatic rings. The van der Waals surface area contributed by atoms with E-state index < -0.39 is 0 Å². The monoisotopic (exact) mass is 1300 g/mol. The molecule has 0 atom stereocenters. The zero-order valence-corrected chi connectivity index (χ0v) is 57.0. The standard InChI is InChI=1S/C96H71N3O2/c1-58-23-20-34-70(47-58)98(85-45-43-73(59-24-8-5-9-25-59)76-36-18-19-37-77(76)85)71-56-82-81-54-68(96(2,3)4)55-88-91(81)90-80(52-67(53-87(90)100-88)84-40-22-39-83(97-84)60-26-10-6-11-27-60)78-44-46-86(95-93(78)92(82)89(57-71)101-95)99(69-32-12-7-13-33-69)94-74-35-17-16-30-63(74)49-66-50-65(41-42-75(66)94)72-38-21-31-64-48-61-28-14-15-29-62(61)51-79(64)72/h5,7-9,12-25,28-57,60H,6,10-11,26-27H2,1-4H3. The number of hydrogen-bond acceptors (Lipinski definition) is 5. The molecule has 1 aliphatic carbocycles. The van der Waals surface area contributed by atoms with Crippen LogP contribution in [-0.4, -0.2) is 4.98 Å². The van der Waals surface area contributed by atoms with Crippen molar-refractivity contribution in [2.24, 2.45) is 0 Å². The van der Waals surface area contributed by atoms with E-state index in [-0.39, 0.29) is 5.41 Å². The molecular formula is C96H71N3O2. The van der Waals surface area contributed by atoms with E-state index in [0.717, 1.165) is 138 Å². The van der Waals surface area contributed by atoms with Crippen molar-refractivity contribution in [2.45, 2.75) is 71.1 Å². The minimum absolute atomic E-state index is 0.244. The van der Waals surface area contributed by atoms with Crippen LogP contribution in [0.4, 0.5) is 34.1 Å². The highest BCUT2D eigenvalue weighted by atomic mass is 16.3. The Morgan fingerprint density at radius 3 is 1.77 bits per heavy atom. The number of benzene rings is 15. The second-order valence-electron chi connectivity index (χ2n) is 29.2. The van der Waals surface area contributed by atoms with Crippen LogP contribution in [0.1, 0.15) is 75.6 Å². The van der Waals surface area contributed by atoms with E-state index in [1.54, 1.807) is 0 Å². The Bertz CT molecular complexity index is 6570. The van der Waals surface area contributed by atoms with Gasteiger partial charge in [0.1, 0.15) is 16.7 Å². The number of nitrogens with zero attached hydrogens (tertiary/aromatic N) is 3. The second-order valence-corrected chi connectivity index (χ2v) is 29.2. The van der Waals surface area contributed by atoms with Crippen molar-refractivity contribution in [3.8, 4) is 33.5 Å². The third kappa shape index (κ3) is 9.61. The number of aromatic nitrogens is 1. The fourth-order valence-corrected chi connectivity index (χ4v) is 17.2. The van der Waals surface area contributed by atoms with E-state index in [9.17, 15) is 0 Å². The summed E-state index contributed by atoms with van der Waals surface area (Å²) in [5, 5.41) is 20.4. The number of anilines is 6.